The van der Waals surface area contributed by atoms with E-state index in [1.165, 1.54) is 90.0 Å². The van der Waals surface area contributed by atoms with Crippen LogP contribution in [0.5, 0.6) is 0 Å². The van der Waals surface area contributed by atoms with Crippen LogP contribution < -0.4 is 19.6 Å². The van der Waals surface area contributed by atoms with Crippen molar-refractivity contribution in [1.82, 2.24) is 0 Å². The molecule has 2 aliphatic rings. The summed E-state index contributed by atoms with van der Waals surface area (Å²) in [5, 5.41) is 0. The predicted molar refractivity (Wildman–Crippen MR) is 287 cm³/mol. The molecule has 2 atom stereocenters. The van der Waals surface area contributed by atoms with Crippen LogP contribution in [-0.4, -0.2) is 12.3 Å². The Hall–Kier alpha value is -5.48. The summed E-state index contributed by atoms with van der Waals surface area (Å²) in [5.41, 5.74) is 20.5. The Morgan fingerprint density at radius 2 is 0.515 bits per heavy atom. The van der Waals surface area contributed by atoms with Crippen molar-refractivity contribution in [3.63, 3.8) is 0 Å². The Balaban J connectivity index is 1.50. The van der Waals surface area contributed by atoms with E-state index in [2.05, 4.69) is 266 Å². The summed E-state index contributed by atoms with van der Waals surface area (Å²) in [7, 11) is 0. The number of aryl methyl sites for hydroxylation is 2. The van der Waals surface area contributed by atoms with Crippen LogP contribution in [-0.2, 0) is 21.7 Å². The number of benzene rings is 6. The molecule has 0 spiro atoms. The van der Waals surface area contributed by atoms with Gasteiger partial charge in [0.25, 0.3) is 0 Å². The maximum Gasteiger partial charge on any atom is 0.151 e. The third kappa shape index (κ3) is 8.55. The molecule has 0 N–H and O–H groups in total. The maximum absolute atomic E-state index is 2.69. The molecule has 0 amide bonds. The van der Waals surface area contributed by atoms with Gasteiger partial charge in [-0.25, -0.2) is 0 Å². The smallest absolute Gasteiger partial charge is 0.151 e. The monoisotopic (exact) mass is 879 g/mol. The second-order valence-corrected chi connectivity index (χ2v) is 24.2. The fraction of sp³-hybridized carbons (Fsp3) is 0.419. The van der Waals surface area contributed by atoms with E-state index in [-0.39, 0.29) is 34.0 Å². The predicted octanol–water partition coefficient (Wildman–Crippen LogP) is 17.7. The van der Waals surface area contributed by atoms with Crippen molar-refractivity contribution in [2.45, 2.75) is 170 Å². The topological polar surface area (TPSA) is 13.0 Å². The van der Waals surface area contributed by atoms with Crippen LogP contribution in [0.2, 0.25) is 0 Å². The van der Waals surface area contributed by atoms with Crippen LogP contribution in [0, 0.1) is 13.8 Å². The number of anilines is 8. The minimum atomic E-state index is -0.234. The average molecular weight is 879 g/mol. The van der Waals surface area contributed by atoms with Crippen molar-refractivity contribution < 1.29 is 0 Å². The highest BCUT2D eigenvalue weighted by Gasteiger charge is 2.52. The number of hydrogen-bond acceptors (Lipinski definition) is 4. The minimum Gasteiger partial charge on any atom is -0.314 e. The van der Waals surface area contributed by atoms with Gasteiger partial charge in [0, 0.05) is 22.7 Å². The second-order valence-electron chi connectivity index (χ2n) is 24.2. The number of hydrogen-bond donors (Lipinski definition) is 0. The van der Waals surface area contributed by atoms with Gasteiger partial charge in [-0.15, -0.1) is 0 Å². The molecule has 2 aliphatic heterocycles. The van der Waals surface area contributed by atoms with E-state index in [4.69, 9.17) is 0 Å². The Labute approximate surface area is 399 Å². The molecule has 4 nitrogen and oxygen atoms in total. The van der Waals surface area contributed by atoms with Crippen LogP contribution in [0.25, 0.3) is 0 Å². The van der Waals surface area contributed by atoms with Gasteiger partial charge in [0.05, 0.1) is 22.7 Å². The standard InChI is InChI=1S/C62H78N4/c1-39(2)51-37-55-53(35-41(51)5)63(47-27-19-43(20-28-47)59(7,8)9)57(65(55)49-31-23-45(24-32-49)61(13,14)15)58-64(48-29-21-44(22-30-48)60(10,11)12)54-36-42(6)52(40(3)4)38-56(54)66(58)50-33-25-46(26-34-50)62(16,17)18/h19-40,57-58H,1-18H3. The highest BCUT2D eigenvalue weighted by Crippen LogP contribution is 2.57. The first-order valence-corrected chi connectivity index (χ1v) is 24.6. The SMILES string of the molecule is Cc1cc2c(cc1C(C)C)N(c1ccc(C(C)(C)C)cc1)C(C1N(c3ccc(C(C)(C)C)cc3)c3cc(C)c(C(C)C)cc3N1c1ccc(C(C)(C)C)cc1)N2c1ccc(C(C)(C)C)cc1. The van der Waals surface area contributed by atoms with Crippen molar-refractivity contribution in [1.29, 1.82) is 0 Å². The first kappa shape index (κ1) is 47.0. The van der Waals surface area contributed by atoms with Crippen molar-refractivity contribution in [2.75, 3.05) is 19.6 Å². The molecule has 0 aliphatic carbocycles. The van der Waals surface area contributed by atoms with Gasteiger partial charge in [-0.2, -0.15) is 0 Å². The molecule has 6 aromatic rings. The lowest BCUT2D eigenvalue weighted by atomic mass is 9.87. The lowest BCUT2D eigenvalue weighted by Gasteiger charge is -2.45. The van der Waals surface area contributed by atoms with Crippen molar-refractivity contribution in [2.24, 2.45) is 0 Å². The summed E-state index contributed by atoms with van der Waals surface area (Å²) < 4.78 is 0. The highest BCUT2D eigenvalue weighted by atomic mass is 15.5. The van der Waals surface area contributed by atoms with Gasteiger partial charge in [0.2, 0.25) is 0 Å². The molecule has 6 aromatic carbocycles. The fourth-order valence-corrected chi connectivity index (χ4v) is 10.4. The van der Waals surface area contributed by atoms with Gasteiger partial charge in [-0.05, 0) is 165 Å². The molecule has 0 radical (unpaired) electrons. The van der Waals surface area contributed by atoms with E-state index in [9.17, 15) is 0 Å². The summed E-state index contributed by atoms with van der Waals surface area (Å²) >= 11 is 0. The number of nitrogens with zero attached hydrogens (tertiary/aromatic N) is 4. The summed E-state index contributed by atoms with van der Waals surface area (Å²) in [6.07, 6.45) is -0.467. The summed E-state index contributed by atoms with van der Waals surface area (Å²) in [4.78, 5) is 10.7. The van der Waals surface area contributed by atoms with E-state index >= 15 is 0 Å². The Morgan fingerprint density at radius 3 is 0.697 bits per heavy atom. The van der Waals surface area contributed by atoms with Crippen molar-refractivity contribution >= 4 is 45.5 Å². The molecule has 8 rings (SSSR count). The van der Waals surface area contributed by atoms with Gasteiger partial charge in [0.15, 0.2) is 12.3 Å². The molecule has 2 unspecified atom stereocenters. The van der Waals surface area contributed by atoms with E-state index in [0.29, 0.717) is 11.8 Å². The maximum atomic E-state index is 2.69. The zero-order valence-electron chi connectivity index (χ0n) is 43.6. The molecular weight excluding hydrogens is 801 g/mol. The zero-order valence-corrected chi connectivity index (χ0v) is 43.6. The Bertz CT molecular complexity index is 2500. The molecular formula is C62H78N4. The third-order valence-electron chi connectivity index (χ3n) is 14.4. The highest BCUT2D eigenvalue weighted by molar-refractivity contribution is 5.95. The van der Waals surface area contributed by atoms with Gasteiger partial charge in [-0.1, -0.05) is 159 Å². The average Bonchev–Trinajstić information content (AvgIpc) is 3.73. The summed E-state index contributed by atoms with van der Waals surface area (Å²) in [6, 6.07) is 47.9. The third-order valence-corrected chi connectivity index (χ3v) is 14.4. The van der Waals surface area contributed by atoms with E-state index < -0.39 is 0 Å². The molecule has 346 valence electrons. The summed E-state index contributed by atoms with van der Waals surface area (Å²) in [5.74, 6) is 0.727. The van der Waals surface area contributed by atoms with Crippen LogP contribution in [0.3, 0.4) is 0 Å². The zero-order chi connectivity index (χ0) is 48.0. The lowest BCUT2D eigenvalue weighted by molar-refractivity contribution is 0.548. The first-order chi connectivity index (χ1) is 30.8. The molecule has 0 saturated carbocycles. The van der Waals surface area contributed by atoms with Crippen LogP contribution in [0.1, 0.15) is 167 Å². The van der Waals surface area contributed by atoms with Crippen LogP contribution in [0.15, 0.2) is 121 Å². The van der Waals surface area contributed by atoms with Gasteiger partial charge in [-0.3, -0.25) is 0 Å². The molecule has 0 aromatic heterocycles. The van der Waals surface area contributed by atoms with E-state index in [0.717, 1.165) is 0 Å². The lowest BCUT2D eigenvalue weighted by Crippen LogP contribution is -2.58. The minimum absolute atomic E-state index is 0.0225. The second kappa shape index (κ2) is 16.7. The summed E-state index contributed by atoms with van der Waals surface area (Å²) in [6.45, 7) is 41.7. The molecule has 0 fully saturated rings. The van der Waals surface area contributed by atoms with Crippen molar-refractivity contribution in [3.05, 3.63) is 166 Å². The van der Waals surface area contributed by atoms with Crippen LogP contribution in [0.4, 0.5) is 45.5 Å². The fourth-order valence-electron chi connectivity index (χ4n) is 10.4. The molecule has 0 bridgehead atoms. The molecule has 0 saturated heterocycles. The largest absolute Gasteiger partial charge is 0.314 e. The van der Waals surface area contributed by atoms with Gasteiger partial charge in [0.1, 0.15) is 0 Å². The molecule has 66 heavy (non-hydrogen) atoms. The van der Waals surface area contributed by atoms with E-state index in [1.54, 1.807) is 0 Å². The number of fused-ring (bicyclic) bond motifs is 2. The van der Waals surface area contributed by atoms with Gasteiger partial charge < -0.3 is 19.6 Å². The van der Waals surface area contributed by atoms with Crippen LogP contribution >= 0.6 is 0 Å². The Morgan fingerprint density at radius 1 is 0.318 bits per heavy atom. The number of rotatable bonds is 7. The normalized spacial score (nSPS) is 16.8. The quantitative estimate of drug-likeness (QED) is 0.158. The molecule has 2 heterocycles. The molecule has 4 heteroatoms. The van der Waals surface area contributed by atoms with Crippen molar-refractivity contribution in [3.8, 4) is 0 Å². The van der Waals surface area contributed by atoms with Gasteiger partial charge >= 0.3 is 0 Å². The van der Waals surface area contributed by atoms with E-state index in [1.807, 2.05) is 0 Å². The Kier molecular flexibility index (Phi) is 11.9. The first-order valence-electron chi connectivity index (χ1n) is 24.6.